The first-order valence-electron chi connectivity index (χ1n) is 21.3. The number of carbonyl (C=O) groups excluding carboxylic acids is 2. The molecule has 0 rings (SSSR count). The summed E-state index contributed by atoms with van der Waals surface area (Å²) in [5.74, 6) is -0.0139. The predicted octanol–water partition coefficient (Wildman–Crippen LogP) is 12.1. The molecule has 0 saturated carbocycles. The minimum atomic E-state index is -0.0290. The molecule has 0 radical (unpaired) electrons. The van der Waals surface area contributed by atoms with Gasteiger partial charge in [-0.2, -0.15) is 0 Å². The molecule has 0 aliphatic rings. The second-order valence-electron chi connectivity index (χ2n) is 13.8. The third-order valence-electron chi connectivity index (χ3n) is 9.21. The summed E-state index contributed by atoms with van der Waals surface area (Å²) >= 11 is 0. The molecule has 0 heterocycles. The lowest BCUT2D eigenvalue weighted by Crippen LogP contribution is -2.28. The Morgan fingerprint density at radius 1 is 0.500 bits per heavy atom. The van der Waals surface area contributed by atoms with Crippen LogP contribution in [0.25, 0.3) is 0 Å². The Kier molecular flexibility index (Phi) is 42.9. The molecule has 6 nitrogen and oxygen atoms in total. The summed E-state index contributed by atoms with van der Waals surface area (Å²) in [5, 5.41) is 0. The van der Waals surface area contributed by atoms with Gasteiger partial charge >= 0.3 is 11.9 Å². The molecule has 48 heavy (non-hydrogen) atoms. The van der Waals surface area contributed by atoms with Crippen LogP contribution in [-0.2, 0) is 19.1 Å². The maximum absolute atomic E-state index is 12.8. The number of hydrogen-bond donors (Lipinski definition) is 1. The number of unbranched alkanes of at least 4 members (excludes halogenated alkanes) is 19. The lowest BCUT2D eigenvalue weighted by atomic mass is 10.0. The second kappa shape index (κ2) is 42.0. The van der Waals surface area contributed by atoms with E-state index in [2.05, 4.69) is 25.7 Å². The van der Waals surface area contributed by atoms with Gasteiger partial charge in [-0.1, -0.05) is 137 Å². The average molecular weight is 683 g/mol. The molecule has 0 aromatic carbocycles. The van der Waals surface area contributed by atoms with Crippen molar-refractivity contribution in [3.8, 4) is 0 Å². The van der Waals surface area contributed by atoms with Gasteiger partial charge in [-0.15, -0.1) is 0 Å². The maximum Gasteiger partial charge on any atom is 0.306 e. The minimum absolute atomic E-state index is 0.0152. The topological polar surface area (TPSA) is 81.9 Å². The van der Waals surface area contributed by atoms with E-state index in [0.717, 1.165) is 96.8 Å². The highest BCUT2D eigenvalue weighted by Gasteiger charge is 2.15. The standard InChI is InChI=1S/C40H80N2O4.C2H6/c1-4-7-10-12-16-20-29-38(30-21-17-13-11-8-5-2)46-40(44)32-23-26-35-42(36-27-24-33-41)34-25-19-15-14-18-22-31-39(43)45-37-28-9-6-3;1-2/h38H,4-37,41H2,1-3H3;1-2H3. The number of ether oxygens (including phenoxy) is 2. The molecule has 0 aliphatic carbocycles. The Balaban J connectivity index is 0. The Morgan fingerprint density at radius 2 is 0.896 bits per heavy atom. The van der Waals surface area contributed by atoms with E-state index in [4.69, 9.17) is 15.2 Å². The first-order valence-corrected chi connectivity index (χ1v) is 21.3. The summed E-state index contributed by atoms with van der Waals surface area (Å²) in [5.41, 5.74) is 5.76. The lowest BCUT2D eigenvalue weighted by molar-refractivity contribution is -0.150. The quantitative estimate of drug-likeness (QED) is 0.0519. The zero-order chi connectivity index (χ0) is 35.8. The van der Waals surface area contributed by atoms with Crippen LogP contribution in [0.5, 0.6) is 0 Å². The largest absolute Gasteiger partial charge is 0.466 e. The molecular formula is C42H86N2O4. The summed E-state index contributed by atoms with van der Waals surface area (Å²) in [6, 6.07) is 0. The highest BCUT2D eigenvalue weighted by molar-refractivity contribution is 5.69. The number of carbonyl (C=O) groups is 2. The molecule has 0 unspecified atom stereocenters. The van der Waals surface area contributed by atoms with E-state index in [9.17, 15) is 9.59 Å². The molecule has 2 N–H and O–H groups in total. The molecule has 0 aliphatic heterocycles. The van der Waals surface area contributed by atoms with Gasteiger partial charge in [-0.05, 0) is 96.8 Å². The van der Waals surface area contributed by atoms with E-state index in [-0.39, 0.29) is 18.0 Å². The van der Waals surface area contributed by atoms with Crippen LogP contribution >= 0.6 is 0 Å². The Hall–Kier alpha value is -1.14. The second-order valence-corrected chi connectivity index (χ2v) is 13.8. The first kappa shape index (κ1) is 49.0. The number of hydrogen-bond acceptors (Lipinski definition) is 6. The molecule has 0 saturated heterocycles. The average Bonchev–Trinajstić information content (AvgIpc) is 3.09. The van der Waals surface area contributed by atoms with Gasteiger partial charge in [0.05, 0.1) is 6.61 Å². The summed E-state index contributed by atoms with van der Waals surface area (Å²) in [7, 11) is 0. The number of nitrogens with zero attached hydrogens (tertiary/aromatic N) is 1. The summed E-state index contributed by atoms with van der Waals surface area (Å²) in [6.07, 6.45) is 33.1. The number of esters is 2. The fraction of sp³-hybridized carbons (Fsp3) is 0.952. The van der Waals surface area contributed by atoms with Crippen molar-refractivity contribution >= 4 is 11.9 Å². The fourth-order valence-corrected chi connectivity index (χ4v) is 6.15. The molecular weight excluding hydrogens is 596 g/mol. The fourth-order valence-electron chi connectivity index (χ4n) is 6.15. The molecule has 288 valence electrons. The van der Waals surface area contributed by atoms with Crippen LogP contribution < -0.4 is 5.73 Å². The molecule has 0 aromatic heterocycles. The molecule has 0 bridgehead atoms. The molecule has 0 atom stereocenters. The van der Waals surface area contributed by atoms with Crippen molar-refractivity contribution in [2.24, 2.45) is 5.73 Å². The van der Waals surface area contributed by atoms with Gasteiger partial charge in [0.1, 0.15) is 6.10 Å². The van der Waals surface area contributed by atoms with Gasteiger partial charge in [-0.3, -0.25) is 9.59 Å². The SMILES string of the molecule is CC.CCCCCCCCC(CCCCCCCC)OC(=O)CCCCN(CCCCN)CCCCCCCCC(=O)OCCCCC. The first-order chi connectivity index (χ1) is 23.6. The van der Waals surface area contributed by atoms with Crippen LogP contribution in [0.2, 0.25) is 0 Å². The van der Waals surface area contributed by atoms with Crippen molar-refractivity contribution in [1.82, 2.24) is 4.90 Å². The van der Waals surface area contributed by atoms with Gasteiger partial charge in [0.15, 0.2) is 0 Å². The monoisotopic (exact) mass is 683 g/mol. The number of rotatable bonds is 37. The third-order valence-corrected chi connectivity index (χ3v) is 9.21. The zero-order valence-electron chi connectivity index (χ0n) is 33.3. The minimum Gasteiger partial charge on any atom is -0.466 e. The third kappa shape index (κ3) is 37.7. The van der Waals surface area contributed by atoms with Crippen molar-refractivity contribution in [2.45, 2.75) is 227 Å². The van der Waals surface area contributed by atoms with Gasteiger partial charge < -0.3 is 20.1 Å². The van der Waals surface area contributed by atoms with E-state index >= 15 is 0 Å². The van der Waals surface area contributed by atoms with Crippen LogP contribution in [0, 0.1) is 0 Å². The van der Waals surface area contributed by atoms with Crippen LogP contribution in [0.15, 0.2) is 0 Å². The highest BCUT2D eigenvalue weighted by Crippen LogP contribution is 2.18. The van der Waals surface area contributed by atoms with Crippen molar-refractivity contribution in [1.29, 1.82) is 0 Å². The summed E-state index contributed by atoms with van der Waals surface area (Å²) in [6.45, 7) is 15.3. The van der Waals surface area contributed by atoms with E-state index in [1.54, 1.807) is 0 Å². The maximum atomic E-state index is 12.8. The molecule has 0 fully saturated rings. The molecule has 6 heteroatoms. The summed E-state index contributed by atoms with van der Waals surface area (Å²) in [4.78, 5) is 27.2. The van der Waals surface area contributed by atoms with Crippen molar-refractivity contribution in [2.75, 3.05) is 32.8 Å². The smallest absolute Gasteiger partial charge is 0.306 e. The molecule has 0 spiro atoms. The predicted molar refractivity (Wildman–Crippen MR) is 209 cm³/mol. The Morgan fingerprint density at radius 3 is 1.44 bits per heavy atom. The van der Waals surface area contributed by atoms with Crippen LogP contribution in [0.1, 0.15) is 221 Å². The van der Waals surface area contributed by atoms with Gasteiger partial charge in [-0.25, -0.2) is 0 Å². The van der Waals surface area contributed by atoms with E-state index in [0.29, 0.717) is 19.4 Å². The van der Waals surface area contributed by atoms with Crippen LogP contribution in [0.4, 0.5) is 0 Å². The van der Waals surface area contributed by atoms with Crippen molar-refractivity contribution in [3.63, 3.8) is 0 Å². The Labute approximate surface area is 300 Å². The van der Waals surface area contributed by atoms with Crippen molar-refractivity contribution < 1.29 is 19.1 Å². The summed E-state index contributed by atoms with van der Waals surface area (Å²) < 4.78 is 11.4. The highest BCUT2D eigenvalue weighted by atomic mass is 16.5. The van der Waals surface area contributed by atoms with Crippen LogP contribution in [-0.4, -0.2) is 55.7 Å². The zero-order valence-corrected chi connectivity index (χ0v) is 33.3. The molecule has 0 aromatic rings. The van der Waals surface area contributed by atoms with Gasteiger partial charge in [0.2, 0.25) is 0 Å². The van der Waals surface area contributed by atoms with E-state index in [1.165, 1.54) is 103 Å². The normalized spacial score (nSPS) is 11.2. The van der Waals surface area contributed by atoms with E-state index in [1.807, 2.05) is 13.8 Å². The van der Waals surface area contributed by atoms with E-state index < -0.39 is 0 Å². The van der Waals surface area contributed by atoms with Crippen molar-refractivity contribution in [3.05, 3.63) is 0 Å². The lowest BCUT2D eigenvalue weighted by Gasteiger charge is -2.22. The van der Waals surface area contributed by atoms with Gasteiger partial charge in [0, 0.05) is 12.8 Å². The molecule has 0 amide bonds. The number of nitrogens with two attached hydrogens (primary N) is 1. The Bertz CT molecular complexity index is 629. The van der Waals surface area contributed by atoms with Gasteiger partial charge in [0.25, 0.3) is 0 Å². The van der Waals surface area contributed by atoms with Crippen LogP contribution in [0.3, 0.4) is 0 Å².